The van der Waals surface area contributed by atoms with Crippen molar-refractivity contribution in [3.63, 3.8) is 0 Å². The van der Waals surface area contributed by atoms with Gasteiger partial charge >= 0.3 is 0 Å². The van der Waals surface area contributed by atoms with E-state index in [1.165, 1.54) is 9.87 Å². The zero-order chi connectivity index (χ0) is 14.8. The molecule has 21 heavy (non-hydrogen) atoms. The minimum Gasteiger partial charge on any atom is -0.330 e. The third-order valence-corrected chi connectivity index (χ3v) is 6.10. The van der Waals surface area contributed by atoms with Gasteiger partial charge in [-0.25, -0.2) is 0 Å². The van der Waals surface area contributed by atoms with E-state index in [0.717, 1.165) is 0 Å². The molecule has 120 valence electrons. The molecule has 5 nitrogen and oxygen atoms in total. The molecule has 0 bridgehead atoms. The van der Waals surface area contributed by atoms with E-state index in [2.05, 4.69) is 0 Å². The number of rotatable bonds is 5. The van der Waals surface area contributed by atoms with Gasteiger partial charge < -0.3 is 5.73 Å². The summed E-state index contributed by atoms with van der Waals surface area (Å²) in [6.07, 6.45) is 0. The van der Waals surface area contributed by atoms with Crippen molar-refractivity contribution >= 4 is 22.6 Å². The van der Waals surface area contributed by atoms with E-state index >= 15 is 0 Å². The molecular formula is C14H24ClN3O2S. The average Bonchev–Trinajstić information content (AvgIpc) is 2.92. The van der Waals surface area contributed by atoms with Gasteiger partial charge in [0.1, 0.15) is 0 Å². The van der Waals surface area contributed by atoms with Gasteiger partial charge in [0, 0.05) is 32.6 Å². The lowest BCUT2D eigenvalue weighted by Gasteiger charge is -2.23. The van der Waals surface area contributed by atoms with Crippen molar-refractivity contribution in [1.82, 2.24) is 8.61 Å². The summed E-state index contributed by atoms with van der Waals surface area (Å²) in [6.45, 7) is 3.83. The monoisotopic (exact) mass is 333 g/mol. The van der Waals surface area contributed by atoms with Gasteiger partial charge in [-0.3, -0.25) is 0 Å². The second-order valence-corrected chi connectivity index (χ2v) is 7.29. The Morgan fingerprint density at radius 2 is 1.90 bits per heavy atom. The zero-order valence-electron chi connectivity index (χ0n) is 12.5. The topological polar surface area (TPSA) is 66.6 Å². The first-order valence-electron chi connectivity index (χ1n) is 6.97. The van der Waals surface area contributed by atoms with Gasteiger partial charge in [0.2, 0.25) is 0 Å². The van der Waals surface area contributed by atoms with E-state index in [4.69, 9.17) is 5.73 Å². The molecule has 1 aliphatic heterocycles. The predicted molar refractivity (Wildman–Crippen MR) is 87.8 cm³/mol. The van der Waals surface area contributed by atoms with Crippen LogP contribution < -0.4 is 5.73 Å². The van der Waals surface area contributed by atoms with Gasteiger partial charge in [-0.2, -0.15) is 17.0 Å². The fourth-order valence-electron chi connectivity index (χ4n) is 2.70. The van der Waals surface area contributed by atoms with Crippen LogP contribution in [-0.4, -0.2) is 50.3 Å². The summed E-state index contributed by atoms with van der Waals surface area (Å²) in [6, 6.07) is 10.0. The standard InChI is InChI=1S/C14H23N3O2S.ClH/c1-3-16(2)20(18,19)17-10-13(9-15)14(11-17)12-7-5-4-6-8-12;/h4-8,13-14H,3,9-11,15H2,1-2H3;1H/t13-,14+;/m1./s1. The van der Waals surface area contributed by atoms with Crippen molar-refractivity contribution < 1.29 is 8.42 Å². The Bertz CT molecular complexity index is 538. The van der Waals surface area contributed by atoms with Gasteiger partial charge in [0.25, 0.3) is 10.2 Å². The van der Waals surface area contributed by atoms with Crippen LogP contribution in [0.25, 0.3) is 0 Å². The van der Waals surface area contributed by atoms with E-state index in [-0.39, 0.29) is 24.2 Å². The molecule has 1 aliphatic rings. The second-order valence-electron chi connectivity index (χ2n) is 5.25. The number of nitrogens with zero attached hydrogens (tertiary/aromatic N) is 2. The van der Waals surface area contributed by atoms with Gasteiger partial charge in [0.15, 0.2) is 0 Å². The van der Waals surface area contributed by atoms with E-state index < -0.39 is 10.2 Å². The number of hydrogen-bond acceptors (Lipinski definition) is 3. The number of halogens is 1. The minimum atomic E-state index is -3.36. The molecule has 1 fully saturated rings. The van der Waals surface area contributed by atoms with Gasteiger partial charge in [-0.1, -0.05) is 37.3 Å². The summed E-state index contributed by atoms with van der Waals surface area (Å²) < 4.78 is 27.8. The lowest BCUT2D eigenvalue weighted by Crippen LogP contribution is -2.40. The molecule has 1 aromatic carbocycles. The van der Waals surface area contributed by atoms with E-state index in [1.54, 1.807) is 11.4 Å². The summed E-state index contributed by atoms with van der Waals surface area (Å²) in [7, 11) is -1.75. The van der Waals surface area contributed by atoms with Crippen LogP contribution in [0.2, 0.25) is 0 Å². The highest BCUT2D eigenvalue weighted by Crippen LogP contribution is 2.33. The maximum Gasteiger partial charge on any atom is 0.281 e. The first kappa shape index (κ1) is 18.4. The van der Waals surface area contributed by atoms with Crippen LogP contribution >= 0.6 is 12.4 Å². The Labute approximate surface area is 133 Å². The highest BCUT2D eigenvalue weighted by molar-refractivity contribution is 7.86. The Hall–Kier alpha value is -0.660. The fourth-order valence-corrected chi connectivity index (χ4v) is 4.15. The van der Waals surface area contributed by atoms with Crippen molar-refractivity contribution in [3.05, 3.63) is 35.9 Å². The molecule has 7 heteroatoms. The highest BCUT2D eigenvalue weighted by Gasteiger charge is 2.39. The van der Waals surface area contributed by atoms with Crippen LogP contribution in [0.1, 0.15) is 18.4 Å². The van der Waals surface area contributed by atoms with Crippen LogP contribution in [0, 0.1) is 5.92 Å². The molecule has 2 atom stereocenters. The smallest absolute Gasteiger partial charge is 0.281 e. The number of benzene rings is 1. The Morgan fingerprint density at radius 3 is 2.43 bits per heavy atom. The lowest BCUT2D eigenvalue weighted by atomic mass is 9.89. The van der Waals surface area contributed by atoms with Gasteiger partial charge in [-0.15, -0.1) is 12.4 Å². The molecule has 0 radical (unpaired) electrons. The molecule has 0 unspecified atom stereocenters. The average molecular weight is 334 g/mol. The largest absolute Gasteiger partial charge is 0.330 e. The van der Waals surface area contributed by atoms with Crippen LogP contribution in [0.15, 0.2) is 30.3 Å². The molecule has 0 saturated carbocycles. The minimum absolute atomic E-state index is 0. The number of hydrogen-bond donors (Lipinski definition) is 1. The summed E-state index contributed by atoms with van der Waals surface area (Å²) in [4.78, 5) is 0. The molecule has 0 aromatic heterocycles. The molecule has 1 aromatic rings. The third-order valence-electron chi connectivity index (χ3n) is 4.10. The maximum absolute atomic E-state index is 12.4. The molecule has 1 saturated heterocycles. The SMILES string of the molecule is CCN(C)S(=O)(=O)N1C[C@@H](CN)[C@H](c2ccccc2)C1.Cl. The maximum atomic E-state index is 12.4. The Morgan fingerprint density at radius 1 is 1.29 bits per heavy atom. The third kappa shape index (κ3) is 3.76. The van der Waals surface area contributed by atoms with E-state index in [9.17, 15) is 8.42 Å². The summed E-state index contributed by atoms with van der Waals surface area (Å²) in [5, 5.41) is 0. The summed E-state index contributed by atoms with van der Waals surface area (Å²) >= 11 is 0. The molecule has 1 heterocycles. The van der Waals surface area contributed by atoms with E-state index in [1.807, 2.05) is 37.3 Å². The Balaban J connectivity index is 0.00000220. The van der Waals surface area contributed by atoms with Gasteiger partial charge in [0.05, 0.1) is 0 Å². The molecule has 2 N–H and O–H groups in total. The molecule has 0 spiro atoms. The first-order chi connectivity index (χ1) is 9.50. The second kappa shape index (κ2) is 7.56. The molecular weight excluding hydrogens is 310 g/mol. The van der Waals surface area contributed by atoms with Crippen molar-refractivity contribution in [2.45, 2.75) is 12.8 Å². The van der Waals surface area contributed by atoms with Crippen LogP contribution in [-0.2, 0) is 10.2 Å². The molecule has 0 amide bonds. The zero-order valence-corrected chi connectivity index (χ0v) is 14.1. The van der Waals surface area contributed by atoms with Crippen LogP contribution in [0.3, 0.4) is 0 Å². The Kier molecular flexibility index (Phi) is 6.62. The van der Waals surface area contributed by atoms with Crippen molar-refractivity contribution in [2.24, 2.45) is 11.7 Å². The summed E-state index contributed by atoms with van der Waals surface area (Å²) in [5.41, 5.74) is 7.01. The molecule has 2 rings (SSSR count). The van der Waals surface area contributed by atoms with Gasteiger partial charge in [-0.05, 0) is 18.0 Å². The van der Waals surface area contributed by atoms with Crippen LogP contribution in [0.5, 0.6) is 0 Å². The first-order valence-corrected chi connectivity index (χ1v) is 8.36. The summed E-state index contributed by atoms with van der Waals surface area (Å²) in [5.74, 6) is 0.360. The lowest BCUT2D eigenvalue weighted by molar-refractivity contribution is 0.395. The highest BCUT2D eigenvalue weighted by atomic mass is 35.5. The number of nitrogens with two attached hydrogens (primary N) is 1. The van der Waals surface area contributed by atoms with Crippen molar-refractivity contribution in [2.75, 3.05) is 33.2 Å². The fraction of sp³-hybridized carbons (Fsp3) is 0.571. The van der Waals surface area contributed by atoms with Crippen LogP contribution in [0.4, 0.5) is 0 Å². The predicted octanol–water partition coefficient (Wildman–Crippen LogP) is 1.28. The van der Waals surface area contributed by atoms with Crippen molar-refractivity contribution in [3.8, 4) is 0 Å². The van der Waals surface area contributed by atoms with Crippen molar-refractivity contribution in [1.29, 1.82) is 0 Å². The molecule has 0 aliphatic carbocycles. The normalized spacial score (nSPS) is 23.2. The quantitative estimate of drug-likeness (QED) is 0.882. The van der Waals surface area contributed by atoms with E-state index in [0.29, 0.717) is 26.2 Å².